The molecule has 21 heavy (non-hydrogen) atoms. The summed E-state index contributed by atoms with van der Waals surface area (Å²) in [6.45, 7) is 2.96. The Hall–Kier alpha value is -1.23. The number of nitrogens with zero attached hydrogens (tertiary/aromatic N) is 1. The van der Waals surface area contributed by atoms with Crippen molar-refractivity contribution in [2.45, 2.75) is 44.7 Å². The number of aliphatic hydroxyl groups excluding tert-OH is 1. The van der Waals surface area contributed by atoms with Crippen molar-refractivity contribution >= 4 is 11.3 Å². The molecular formula is C17H22N2OS. The molecular weight excluding hydrogens is 280 g/mol. The maximum atomic E-state index is 9.61. The van der Waals surface area contributed by atoms with Gasteiger partial charge in [0.15, 0.2) is 0 Å². The molecule has 2 N–H and O–H groups in total. The highest BCUT2D eigenvalue weighted by Crippen LogP contribution is 2.41. The van der Waals surface area contributed by atoms with Crippen LogP contribution in [0.2, 0.25) is 0 Å². The molecule has 1 heterocycles. The molecule has 1 atom stereocenters. The normalized spacial score (nSPS) is 16.1. The second kappa shape index (κ2) is 6.69. The Morgan fingerprint density at radius 2 is 2.10 bits per heavy atom. The number of benzene rings is 1. The lowest BCUT2D eigenvalue weighted by molar-refractivity contribution is 0.243. The molecule has 1 aliphatic rings. The van der Waals surface area contributed by atoms with Crippen molar-refractivity contribution in [3.63, 3.8) is 0 Å². The molecule has 3 nitrogen and oxygen atoms in total. The fraction of sp³-hybridized carbons (Fsp3) is 0.471. The Labute approximate surface area is 130 Å². The van der Waals surface area contributed by atoms with E-state index in [1.807, 2.05) is 0 Å². The summed E-state index contributed by atoms with van der Waals surface area (Å²) < 4.78 is 0. The molecule has 1 fully saturated rings. The molecule has 0 aliphatic heterocycles. The molecule has 1 aromatic carbocycles. The minimum atomic E-state index is -0.0259. The molecule has 0 saturated heterocycles. The van der Waals surface area contributed by atoms with Crippen LogP contribution in [0.15, 0.2) is 29.6 Å². The molecule has 1 saturated carbocycles. The van der Waals surface area contributed by atoms with Crippen LogP contribution in [0.3, 0.4) is 0 Å². The van der Waals surface area contributed by atoms with E-state index < -0.39 is 0 Å². The molecule has 3 rings (SSSR count). The first kappa shape index (κ1) is 14.7. The summed E-state index contributed by atoms with van der Waals surface area (Å²) in [5, 5.41) is 16.4. The van der Waals surface area contributed by atoms with Crippen molar-refractivity contribution in [1.82, 2.24) is 10.3 Å². The van der Waals surface area contributed by atoms with E-state index in [9.17, 15) is 5.11 Å². The van der Waals surface area contributed by atoms with Gasteiger partial charge in [0.05, 0.1) is 23.4 Å². The number of hydrogen-bond donors (Lipinski definition) is 2. The first-order valence-corrected chi connectivity index (χ1v) is 8.55. The lowest BCUT2D eigenvalue weighted by Crippen LogP contribution is -2.24. The Morgan fingerprint density at radius 1 is 1.33 bits per heavy atom. The van der Waals surface area contributed by atoms with Crippen molar-refractivity contribution in [2.24, 2.45) is 0 Å². The van der Waals surface area contributed by atoms with Gasteiger partial charge in [0.25, 0.3) is 0 Å². The molecule has 1 aliphatic carbocycles. The van der Waals surface area contributed by atoms with Crippen LogP contribution in [0.5, 0.6) is 0 Å². The number of hydrogen-bond acceptors (Lipinski definition) is 4. The zero-order valence-corrected chi connectivity index (χ0v) is 13.2. The molecule has 0 spiro atoms. The van der Waals surface area contributed by atoms with E-state index >= 15 is 0 Å². The van der Waals surface area contributed by atoms with E-state index in [1.165, 1.54) is 23.4 Å². The average molecular weight is 302 g/mol. The summed E-state index contributed by atoms with van der Waals surface area (Å²) in [6, 6.07) is 8.44. The van der Waals surface area contributed by atoms with Crippen molar-refractivity contribution in [1.29, 1.82) is 0 Å². The maximum absolute atomic E-state index is 9.61. The summed E-state index contributed by atoms with van der Waals surface area (Å²) >= 11 is 1.77. The molecule has 0 radical (unpaired) electrons. The van der Waals surface area contributed by atoms with Gasteiger partial charge in [-0.15, -0.1) is 11.3 Å². The fourth-order valence-electron chi connectivity index (χ4n) is 2.42. The van der Waals surface area contributed by atoms with E-state index in [2.05, 4.69) is 46.9 Å². The first-order chi connectivity index (χ1) is 10.3. The van der Waals surface area contributed by atoms with E-state index in [1.54, 1.807) is 11.3 Å². The minimum Gasteiger partial charge on any atom is -0.394 e. The lowest BCUT2D eigenvalue weighted by Gasteiger charge is -2.16. The van der Waals surface area contributed by atoms with Crippen molar-refractivity contribution in [2.75, 3.05) is 6.61 Å². The minimum absolute atomic E-state index is 0.0259. The van der Waals surface area contributed by atoms with Gasteiger partial charge in [-0.3, -0.25) is 0 Å². The number of aromatic nitrogens is 1. The van der Waals surface area contributed by atoms with Gasteiger partial charge in [-0.1, -0.05) is 31.2 Å². The Kier molecular flexibility index (Phi) is 4.68. The van der Waals surface area contributed by atoms with Crippen LogP contribution < -0.4 is 5.32 Å². The molecule has 1 aromatic heterocycles. The predicted molar refractivity (Wildman–Crippen MR) is 86.6 cm³/mol. The summed E-state index contributed by atoms with van der Waals surface area (Å²) in [5.41, 5.74) is 3.54. The highest BCUT2D eigenvalue weighted by Gasteiger charge is 2.26. The highest BCUT2D eigenvalue weighted by molar-refractivity contribution is 7.09. The number of aryl methyl sites for hydroxylation is 1. The Bertz CT molecular complexity index is 575. The van der Waals surface area contributed by atoms with E-state index in [-0.39, 0.29) is 12.6 Å². The van der Waals surface area contributed by atoms with Crippen LogP contribution in [-0.2, 0) is 13.0 Å². The number of thiazole rings is 1. The van der Waals surface area contributed by atoms with Gasteiger partial charge in [-0.2, -0.15) is 0 Å². The zero-order chi connectivity index (χ0) is 14.7. The van der Waals surface area contributed by atoms with Crippen molar-refractivity contribution < 1.29 is 5.11 Å². The lowest BCUT2D eigenvalue weighted by atomic mass is 10.0. The SMILES string of the molecule is CCc1ccc(C(CO)NCc2csc(C3CC3)n2)cc1. The molecule has 1 unspecified atom stereocenters. The van der Waals surface area contributed by atoms with Crippen LogP contribution in [-0.4, -0.2) is 16.7 Å². The predicted octanol–water partition coefficient (Wildman–Crippen LogP) is 3.41. The summed E-state index contributed by atoms with van der Waals surface area (Å²) in [5.74, 6) is 0.721. The van der Waals surface area contributed by atoms with Gasteiger partial charge in [-0.05, 0) is 30.4 Å². The molecule has 4 heteroatoms. The molecule has 2 aromatic rings. The second-order valence-electron chi connectivity index (χ2n) is 5.66. The van der Waals surface area contributed by atoms with Gasteiger partial charge in [0.2, 0.25) is 0 Å². The van der Waals surface area contributed by atoms with Crippen LogP contribution in [0, 0.1) is 0 Å². The van der Waals surface area contributed by atoms with Crippen molar-refractivity contribution in [3.05, 3.63) is 51.5 Å². The maximum Gasteiger partial charge on any atom is 0.0959 e. The van der Waals surface area contributed by atoms with Crippen LogP contribution >= 0.6 is 11.3 Å². The van der Waals surface area contributed by atoms with E-state index in [4.69, 9.17) is 0 Å². The topological polar surface area (TPSA) is 45.1 Å². The van der Waals surface area contributed by atoms with Gasteiger partial charge in [0, 0.05) is 17.8 Å². The molecule has 112 valence electrons. The largest absolute Gasteiger partial charge is 0.394 e. The van der Waals surface area contributed by atoms with Gasteiger partial charge < -0.3 is 10.4 Å². The summed E-state index contributed by atoms with van der Waals surface area (Å²) in [7, 11) is 0. The van der Waals surface area contributed by atoms with Gasteiger partial charge in [-0.25, -0.2) is 4.98 Å². The third-order valence-electron chi connectivity index (χ3n) is 4.00. The monoisotopic (exact) mass is 302 g/mol. The summed E-state index contributed by atoms with van der Waals surface area (Å²) in [4.78, 5) is 4.67. The van der Waals surface area contributed by atoms with Crippen LogP contribution in [0.1, 0.15) is 53.6 Å². The molecule has 0 amide bonds. The number of nitrogens with one attached hydrogen (secondary N) is 1. The van der Waals surface area contributed by atoms with Crippen LogP contribution in [0.4, 0.5) is 0 Å². The highest BCUT2D eigenvalue weighted by atomic mass is 32.1. The smallest absolute Gasteiger partial charge is 0.0959 e. The Balaban J connectivity index is 1.60. The van der Waals surface area contributed by atoms with E-state index in [0.29, 0.717) is 6.54 Å². The Morgan fingerprint density at radius 3 is 2.71 bits per heavy atom. The van der Waals surface area contributed by atoms with Crippen molar-refractivity contribution in [3.8, 4) is 0 Å². The zero-order valence-electron chi connectivity index (χ0n) is 12.4. The van der Waals surface area contributed by atoms with E-state index in [0.717, 1.165) is 23.6 Å². The fourth-order valence-corrected chi connectivity index (χ4v) is 3.41. The summed E-state index contributed by atoms with van der Waals surface area (Å²) in [6.07, 6.45) is 3.63. The number of rotatable bonds is 7. The molecule has 0 bridgehead atoms. The van der Waals surface area contributed by atoms with Crippen LogP contribution in [0.25, 0.3) is 0 Å². The third kappa shape index (κ3) is 3.70. The first-order valence-electron chi connectivity index (χ1n) is 7.67. The van der Waals surface area contributed by atoms with Gasteiger partial charge in [0.1, 0.15) is 0 Å². The quantitative estimate of drug-likeness (QED) is 0.824. The second-order valence-corrected chi connectivity index (χ2v) is 6.55. The third-order valence-corrected chi connectivity index (χ3v) is 5.05. The standard InChI is InChI=1S/C17H22N2OS/c1-2-12-3-5-13(6-4-12)16(10-20)18-9-15-11-21-17(19-15)14-7-8-14/h3-6,11,14,16,18,20H,2,7-10H2,1H3. The van der Waals surface area contributed by atoms with Gasteiger partial charge >= 0.3 is 0 Å². The number of aliphatic hydroxyl groups is 1. The average Bonchev–Trinajstić information content (AvgIpc) is 3.28.